The molecule has 0 unspecified atom stereocenters. The number of hydrogen-bond acceptors (Lipinski definition) is 5. The first-order valence-electron chi connectivity index (χ1n) is 21.6. The van der Waals surface area contributed by atoms with Gasteiger partial charge in [0, 0.05) is 49.3 Å². The second-order valence-electron chi connectivity index (χ2n) is 16.3. The Labute approximate surface area is 372 Å². The van der Waals surface area contributed by atoms with Crippen LogP contribution in [0.2, 0.25) is 0 Å². The van der Waals surface area contributed by atoms with Gasteiger partial charge in [0.05, 0.1) is 38.7 Å². The molecule has 0 aliphatic carbocycles. The number of fused-ring (bicyclic) bond motifs is 10. The van der Waals surface area contributed by atoms with E-state index in [1.807, 2.05) is 91.0 Å². The van der Waals surface area contributed by atoms with Crippen LogP contribution in [0.1, 0.15) is 5.56 Å². The zero-order valence-electron chi connectivity index (χ0n) is 34.7. The summed E-state index contributed by atoms with van der Waals surface area (Å²) in [4.78, 5) is 15.1. The van der Waals surface area contributed by atoms with Crippen molar-refractivity contribution >= 4 is 65.6 Å². The van der Waals surface area contributed by atoms with E-state index in [9.17, 15) is 5.26 Å². The lowest BCUT2D eigenvalue weighted by atomic mass is 10.0. The van der Waals surface area contributed by atoms with Gasteiger partial charge in [0.15, 0.2) is 17.5 Å². The van der Waals surface area contributed by atoms with Crippen molar-refractivity contribution in [3.63, 3.8) is 0 Å². The predicted molar refractivity (Wildman–Crippen MR) is 262 cm³/mol. The molecule has 65 heavy (non-hydrogen) atoms. The SMILES string of the molecule is N#Cc1cc(-c2nc(-c3ccccc3)nc(-c3cccc(-c4ccccc4)c3)n2)ccc1-n1c2ccccc2c2cc3oc4c(ccc5c4c4ccccc4n5-c4ccccc4)c3cc21. The minimum absolute atomic E-state index is 0.482. The number of para-hydroxylation sites is 3. The van der Waals surface area contributed by atoms with Gasteiger partial charge in [0.25, 0.3) is 0 Å². The van der Waals surface area contributed by atoms with Gasteiger partial charge in [-0.05, 0) is 83.9 Å². The second kappa shape index (κ2) is 14.5. The van der Waals surface area contributed by atoms with Crippen LogP contribution in [0.4, 0.5) is 0 Å². The van der Waals surface area contributed by atoms with Crippen molar-refractivity contribution in [2.24, 2.45) is 0 Å². The third-order valence-electron chi connectivity index (χ3n) is 12.6. The molecular formula is C58H34N6O. The number of benzene rings is 9. The maximum Gasteiger partial charge on any atom is 0.164 e. The summed E-state index contributed by atoms with van der Waals surface area (Å²) in [6.45, 7) is 0. The molecule has 9 aromatic carbocycles. The molecule has 4 aromatic heterocycles. The molecule has 0 spiro atoms. The number of nitrogens with zero attached hydrogens (tertiary/aromatic N) is 6. The normalized spacial score (nSPS) is 11.7. The Morgan fingerprint density at radius 3 is 1.72 bits per heavy atom. The quantitative estimate of drug-likeness (QED) is 0.167. The van der Waals surface area contributed by atoms with Gasteiger partial charge in [-0.1, -0.05) is 133 Å². The van der Waals surface area contributed by atoms with Gasteiger partial charge in [-0.3, -0.25) is 0 Å². The Morgan fingerprint density at radius 1 is 0.385 bits per heavy atom. The number of aromatic nitrogens is 5. The summed E-state index contributed by atoms with van der Waals surface area (Å²) >= 11 is 0. The highest BCUT2D eigenvalue weighted by molar-refractivity contribution is 6.25. The van der Waals surface area contributed by atoms with E-state index >= 15 is 0 Å². The topological polar surface area (TPSA) is 85.5 Å². The molecular weight excluding hydrogens is 797 g/mol. The molecule has 0 radical (unpaired) electrons. The predicted octanol–water partition coefficient (Wildman–Crippen LogP) is 14.5. The van der Waals surface area contributed by atoms with Gasteiger partial charge >= 0.3 is 0 Å². The lowest BCUT2D eigenvalue weighted by Crippen LogP contribution is -2.02. The Hall–Kier alpha value is -9.12. The lowest BCUT2D eigenvalue weighted by Gasteiger charge is -2.13. The van der Waals surface area contributed by atoms with Crippen molar-refractivity contribution in [3.8, 4) is 62.7 Å². The maximum atomic E-state index is 11.0. The van der Waals surface area contributed by atoms with E-state index in [4.69, 9.17) is 19.4 Å². The van der Waals surface area contributed by atoms with Crippen molar-refractivity contribution in [1.29, 1.82) is 5.26 Å². The van der Waals surface area contributed by atoms with Crippen molar-refractivity contribution in [3.05, 3.63) is 212 Å². The molecule has 0 amide bonds. The summed E-state index contributed by atoms with van der Waals surface area (Å²) in [6, 6.07) is 73.1. The minimum Gasteiger partial charge on any atom is -0.455 e. The average molecular weight is 831 g/mol. The van der Waals surface area contributed by atoms with Gasteiger partial charge in [-0.25, -0.2) is 15.0 Å². The van der Waals surface area contributed by atoms with Gasteiger partial charge in [0.1, 0.15) is 17.2 Å². The molecule has 13 aromatic rings. The van der Waals surface area contributed by atoms with Gasteiger partial charge < -0.3 is 13.6 Å². The molecule has 0 bridgehead atoms. The van der Waals surface area contributed by atoms with E-state index in [-0.39, 0.29) is 0 Å². The van der Waals surface area contributed by atoms with Crippen LogP contribution < -0.4 is 0 Å². The van der Waals surface area contributed by atoms with E-state index < -0.39 is 0 Å². The van der Waals surface area contributed by atoms with Crippen LogP contribution >= 0.6 is 0 Å². The van der Waals surface area contributed by atoms with Gasteiger partial charge in [0.2, 0.25) is 0 Å². The number of hydrogen-bond donors (Lipinski definition) is 0. The van der Waals surface area contributed by atoms with E-state index in [0.717, 1.165) is 99.2 Å². The first-order chi connectivity index (χ1) is 32.2. The number of rotatable bonds is 6. The van der Waals surface area contributed by atoms with Gasteiger partial charge in [-0.2, -0.15) is 5.26 Å². The van der Waals surface area contributed by atoms with Crippen LogP contribution in [0.5, 0.6) is 0 Å². The second-order valence-corrected chi connectivity index (χ2v) is 16.3. The van der Waals surface area contributed by atoms with Crippen LogP contribution in [0.15, 0.2) is 211 Å². The molecule has 0 aliphatic heterocycles. The molecule has 0 saturated carbocycles. The zero-order chi connectivity index (χ0) is 43.0. The highest BCUT2D eigenvalue weighted by atomic mass is 16.3. The third kappa shape index (κ3) is 5.78. The van der Waals surface area contributed by atoms with Crippen LogP contribution in [0, 0.1) is 11.3 Å². The fourth-order valence-corrected chi connectivity index (χ4v) is 9.64. The van der Waals surface area contributed by atoms with Crippen LogP contribution in [0.25, 0.3) is 122 Å². The van der Waals surface area contributed by atoms with E-state index in [1.165, 1.54) is 0 Å². The standard InChI is InChI=1S/C58H34N6O/c59-35-41-32-40(58-61-56(37-17-6-2-7-18-37)60-57(62-58)39-20-14-19-38(31-39)36-15-4-1-5-16-36)27-29-48(41)64-49-25-12-10-23-43(49)46-34-53-47(33-52(46)64)44-28-30-51-54(55(44)65-53)45-24-11-13-26-50(45)63(51)42-21-8-3-9-22-42/h1-34H. The molecule has 302 valence electrons. The van der Waals surface area contributed by atoms with Gasteiger partial charge in [-0.15, -0.1) is 0 Å². The molecule has 7 nitrogen and oxygen atoms in total. The summed E-state index contributed by atoms with van der Waals surface area (Å²) in [5, 5.41) is 17.3. The van der Waals surface area contributed by atoms with E-state index in [0.29, 0.717) is 28.6 Å². The van der Waals surface area contributed by atoms with Crippen molar-refractivity contribution in [2.45, 2.75) is 0 Å². The monoisotopic (exact) mass is 830 g/mol. The molecule has 0 fully saturated rings. The van der Waals surface area contributed by atoms with Crippen LogP contribution in [-0.4, -0.2) is 24.1 Å². The molecule has 0 atom stereocenters. The highest BCUT2D eigenvalue weighted by Crippen LogP contribution is 2.44. The third-order valence-corrected chi connectivity index (χ3v) is 12.6. The van der Waals surface area contributed by atoms with E-state index in [1.54, 1.807) is 0 Å². The zero-order valence-corrected chi connectivity index (χ0v) is 34.7. The molecule has 7 heteroatoms. The molecule has 4 heterocycles. The Kier molecular flexibility index (Phi) is 8.14. The van der Waals surface area contributed by atoms with E-state index in [2.05, 4.69) is 130 Å². The fraction of sp³-hybridized carbons (Fsp3) is 0. The summed E-state index contributed by atoms with van der Waals surface area (Å²) in [7, 11) is 0. The average Bonchev–Trinajstić information content (AvgIpc) is 4.03. The largest absolute Gasteiger partial charge is 0.455 e. The van der Waals surface area contributed by atoms with Crippen LogP contribution in [-0.2, 0) is 0 Å². The number of nitriles is 1. The summed E-state index contributed by atoms with van der Waals surface area (Å²) in [5.74, 6) is 1.59. The highest BCUT2D eigenvalue weighted by Gasteiger charge is 2.22. The maximum absolute atomic E-state index is 11.0. The molecule has 0 N–H and O–H groups in total. The molecule has 0 aliphatic rings. The molecule has 13 rings (SSSR count). The fourth-order valence-electron chi connectivity index (χ4n) is 9.64. The Morgan fingerprint density at radius 2 is 0.985 bits per heavy atom. The summed E-state index contributed by atoms with van der Waals surface area (Å²) in [5.41, 5.74) is 12.8. The lowest BCUT2D eigenvalue weighted by molar-refractivity contribution is 0.673. The summed E-state index contributed by atoms with van der Waals surface area (Å²) < 4.78 is 11.4. The first kappa shape index (κ1) is 36.5. The van der Waals surface area contributed by atoms with Crippen molar-refractivity contribution in [1.82, 2.24) is 24.1 Å². The first-order valence-corrected chi connectivity index (χ1v) is 21.6. The minimum atomic E-state index is 0.482. The molecule has 0 saturated heterocycles. The smallest absolute Gasteiger partial charge is 0.164 e. The number of furan rings is 1. The van der Waals surface area contributed by atoms with Crippen molar-refractivity contribution in [2.75, 3.05) is 0 Å². The van der Waals surface area contributed by atoms with Crippen molar-refractivity contribution < 1.29 is 4.42 Å². The van der Waals surface area contributed by atoms with Crippen LogP contribution in [0.3, 0.4) is 0 Å². The summed E-state index contributed by atoms with van der Waals surface area (Å²) in [6.07, 6.45) is 0. The Bertz CT molecular complexity index is 4070. The Balaban J connectivity index is 0.990.